The highest BCUT2D eigenvalue weighted by molar-refractivity contribution is 5.94. The van der Waals surface area contributed by atoms with Crippen LogP contribution in [0.25, 0.3) is 0 Å². The van der Waals surface area contributed by atoms with E-state index >= 15 is 0 Å². The number of amides is 1. The van der Waals surface area contributed by atoms with Gasteiger partial charge >= 0.3 is 5.97 Å². The molecule has 0 spiro atoms. The van der Waals surface area contributed by atoms with E-state index in [1.807, 2.05) is 49.5 Å². The standard InChI is InChI=1S/C28H31N3O4/c1-20-7-10-23(11-8-20)27(32)30-18-22-9-12-26(29-17-22)31-14-3-4-21(13-15-31)19-35-25-6-2-5-24(16-25)28(33)34/h2,5-12,16-17,21H,3-4,13-15,18-19H2,1H3,(H,30,32)(H,33,34). The van der Waals surface area contributed by atoms with Crippen LogP contribution >= 0.6 is 0 Å². The molecule has 35 heavy (non-hydrogen) atoms. The number of carboxylic acids is 1. The van der Waals surface area contributed by atoms with Crippen LogP contribution in [0.4, 0.5) is 5.82 Å². The molecule has 1 amide bonds. The highest BCUT2D eigenvalue weighted by Crippen LogP contribution is 2.23. The lowest BCUT2D eigenvalue weighted by Gasteiger charge is -2.22. The van der Waals surface area contributed by atoms with Gasteiger partial charge in [0.05, 0.1) is 12.2 Å². The fraction of sp³-hybridized carbons (Fsp3) is 0.321. The van der Waals surface area contributed by atoms with E-state index in [-0.39, 0.29) is 11.5 Å². The summed E-state index contributed by atoms with van der Waals surface area (Å²) < 4.78 is 5.90. The van der Waals surface area contributed by atoms with Crippen molar-refractivity contribution in [3.05, 3.63) is 89.1 Å². The lowest BCUT2D eigenvalue weighted by atomic mass is 10.0. The number of hydrogen-bond donors (Lipinski definition) is 2. The molecule has 0 radical (unpaired) electrons. The molecule has 0 saturated carbocycles. The Bertz CT molecular complexity index is 1150. The Labute approximate surface area is 205 Å². The first kappa shape index (κ1) is 24.3. The molecule has 1 aromatic heterocycles. The molecule has 1 saturated heterocycles. The first-order valence-corrected chi connectivity index (χ1v) is 12.0. The van der Waals surface area contributed by atoms with E-state index in [4.69, 9.17) is 9.84 Å². The summed E-state index contributed by atoms with van der Waals surface area (Å²) in [6, 6.07) is 18.2. The van der Waals surface area contributed by atoms with Gasteiger partial charge in [0.15, 0.2) is 0 Å². The van der Waals surface area contributed by atoms with Gasteiger partial charge in [-0.25, -0.2) is 9.78 Å². The fourth-order valence-electron chi connectivity index (χ4n) is 4.19. The summed E-state index contributed by atoms with van der Waals surface area (Å²) in [7, 11) is 0. The second-order valence-corrected chi connectivity index (χ2v) is 9.00. The number of benzene rings is 2. The molecular formula is C28H31N3O4. The van der Waals surface area contributed by atoms with E-state index < -0.39 is 5.97 Å². The molecular weight excluding hydrogens is 442 g/mol. The first-order chi connectivity index (χ1) is 17.0. The Kier molecular flexibility index (Phi) is 7.98. The van der Waals surface area contributed by atoms with Crippen molar-refractivity contribution in [3.8, 4) is 5.75 Å². The molecule has 7 heteroatoms. The van der Waals surface area contributed by atoms with Crippen molar-refractivity contribution in [2.24, 2.45) is 5.92 Å². The smallest absolute Gasteiger partial charge is 0.335 e. The summed E-state index contributed by atoms with van der Waals surface area (Å²) in [5, 5.41) is 12.1. The van der Waals surface area contributed by atoms with Gasteiger partial charge < -0.3 is 20.1 Å². The third kappa shape index (κ3) is 6.82. The Balaban J connectivity index is 1.25. The summed E-state index contributed by atoms with van der Waals surface area (Å²) >= 11 is 0. The van der Waals surface area contributed by atoms with Crippen LogP contribution in [0.15, 0.2) is 66.9 Å². The van der Waals surface area contributed by atoms with Crippen LogP contribution in [-0.2, 0) is 6.54 Å². The van der Waals surface area contributed by atoms with Crippen molar-refractivity contribution in [1.29, 1.82) is 0 Å². The van der Waals surface area contributed by atoms with Gasteiger partial charge in [-0.3, -0.25) is 4.79 Å². The van der Waals surface area contributed by atoms with Crippen LogP contribution in [0, 0.1) is 12.8 Å². The lowest BCUT2D eigenvalue weighted by Crippen LogP contribution is -2.26. The van der Waals surface area contributed by atoms with E-state index in [0.717, 1.165) is 49.3 Å². The third-order valence-corrected chi connectivity index (χ3v) is 6.31. The predicted octanol–water partition coefficient (Wildman–Crippen LogP) is 4.70. The molecule has 1 aliphatic rings. The highest BCUT2D eigenvalue weighted by Gasteiger charge is 2.19. The predicted molar refractivity (Wildman–Crippen MR) is 135 cm³/mol. The minimum absolute atomic E-state index is 0.0930. The lowest BCUT2D eigenvalue weighted by molar-refractivity contribution is 0.0696. The number of anilines is 1. The van der Waals surface area contributed by atoms with Crippen molar-refractivity contribution in [2.75, 3.05) is 24.6 Å². The molecule has 7 nitrogen and oxygen atoms in total. The summed E-state index contributed by atoms with van der Waals surface area (Å²) in [6.07, 6.45) is 4.90. The molecule has 2 N–H and O–H groups in total. The number of nitrogens with one attached hydrogen (secondary N) is 1. The zero-order valence-electron chi connectivity index (χ0n) is 19.9. The van der Waals surface area contributed by atoms with Crippen molar-refractivity contribution in [1.82, 2.24) is 10.3 Å². The molecule has 1 unspecified atom stereocenters. The summed E-state index contributed by atoms with van der Waals surface area (Å²) in [4.78, 5) is 30.4. The third-order valence-electron chi connectivity index (χ3n) is 6.31. The van der Waals surface area contributed by atoms with Gasteiger partial charge in [0, 0.05) is 31.4 Å². The summed E-state index contributed by atoms with van der Waals surface area (Å²) in [6.45, 7) is 4.82. The molecule has 2 heterocycles. The minimum atomic E-state index is -0.951. The number of rotatable bonds is 8. The minimum Gasteiger partial charge on any atom is -0.493 e. The maximum absolute atomic E-state index is 12.3. The van der Waals surface area contributed by atoms with Crippen molar-refractivity contribution in [2.45, 2.75) is 32.7 Å². The van der Waals surface area contributed by atoms with Gasteiger partial charge in [-0.05, 0) is 74.1 Å². The average molecular weight is 474 g/mol. The van der Waals surface area contributed by atoms with Gasteiger partial charge in [-0.1, -0.05) is 29.8 Å². The second-order valence-electron chi connectivity index (χ2n) is 9.00. The van der Waals surface area contributed by atoms with Crippen LogP contribution in [0.3, 0.4) is 0 Å². The Hall–Kier alpha value is -3.87. The number of carbonyl (C=O) groups is 2. The quantitative estimate of drug-likeness (QED) is 0.493. The number of pyridine rings is 1. The van der Waals surface area contributed by atoms with Gasteiger partial charge in [0.2, 0.25) is 0 Å². The van der Waals surface area contributed by atoms with Crippen LogP contribution < -0.4 is 15.0 Å². The number of carbonyl (C=O) groups excluding carboxylic acids is 1. The number of aryl methyl sites for hydroxylation is 1. The van der Waals surface area contributed by atoms with Crippen molar-refractivity contribution in [3.63, 3.8) is 0 Å². The maximum Gasteiger partial charge on any atom is 0.335 e. The first-order valence-electron chi connectivity index (χ1n) is 12.0. The van der Waals surface area contributed by atoms with Gasteiger partial charge in [0.25, 0.3) is 5.91 Å². The number of nitrogens with zero attached hydrogens (tertiary/aromatic N) is 2. The zero-order valence-corrected chi connectivity index (χ0v) is 19.9. The monoisotopic (exact) mass is 473 g/mol. The van der Waals surface area contributed by atoms with Gasteiger partial charge in [-0.15, -0.1) is 0 Å². The fourth-order valence-corrected chi connectivity index (χ4v) is 4.19. The van der Waals surface area contributed by atoms with Crippen molar-refractivity contribution < 1.29 is 19.4 Å². The molecule has 1 aliphatic heterocycles. The van der Waals surface area contributed by atoms with E-state index in [1.54, 1.807) is 24.3 Å². The number of hydrogen-bond acceptors (Lipinski definition) is 5. The largest absolute Gasteiger partial charge is 0.493 e. The Morgan fingerprint density at radius 1 is 1.06 bits per heavy atom. The van der Waals surface area contributed by atoms with Gasteiger partial charge in [-0.2, -0.15) is 0 Å². The SMILES string of the molecule is Cc1ccc(C(=O)NCc2ccc(N3CCCC(COc4cccc(C(=O)O)c4)CC3)nc2)cc1. The topological polar surface area (TPSA) is 91.8 Å². The van der Waals surface area contributed by atoms with E-state index in [1.165, 1.54) is 0 Å². The Morgan fingerprint density at radius 3 is 2.63 bits per heavy atom. The van der Waals surface area contributed by atoms with Crippen LogP contribution in [0.1, 0.15) is 51.1 Å². The van der Waals surface area contributed by atoms with E-state index in [9.17, 15) is 9.59 Å². The molecule has 0 aliphatic carbocycles. The Morgan fingerprint density at radius 2 is 1.89 bits per heavy atom. The second kappa shape index (κ2) is 11.5. The highest BCUT2D eigenvalue weighted by atomic mass is 16.5. The molecule has 1 fully saturated rings. The van der Waals surface area contributed by atoms with E-state index in [2.05, 4.69) is 15.2 Å². The van der Waals surface area contributed by atoms with Crippen molar-refractivity contribution >= 4 is 17.7 Å². The number of aromatic carboxylic acids is 1. The maximum atomic E-state index is 12.3. The number of carboxylic acid groups (broad SMARTS) is 1. The molecule has 4 rings (SSSR count). The average Bonchev–Trinajstić information content (AvgIpc) is 3.13. The molecule has 3 aromatic rings. The normalized spacial score (nSPS) is 15.8. The van der Waals surface area contributed by atoms with Gasteiger partial charge in [0.1, 0.15) is 11.6 Å². The molecule has 1 atom stereocenters. The van der Waals surface area contributed by atoms with Crippen LogP contribution in [-0.4, -0.2) is 41.7 Å². The van der Waals surface area contributed by atoms with Crippen LogP contribution in [0.5, 0.6) is 5.75 Å². The number of ether oxygens (including phenoxy) is 1. The molecule has 0 bridgehead atoms. The molecule has 182 valence electrons. The summed E-state index contributed by atoms with van der Waals surface area (Å²) in [5.41, 5.74) is 2.97. The van der Waals surface area contributed by atoms with Crippen LogP contribution in [0.2, 0.25) is 0 Å². The number of aromatic nitrogens is 1. The molecule has 2 aromatic carbocycles. The zero-order chi connectivity index (χ0) is 24.6. The summed E-state index contributed by atoms with van der Waals surface area (Å²) in [5.74, 6) is 0.897. The van der Waals surface area contributed by atoms with E-state index in [0.29, 0.717) is 30.4 Å².